The highest BCUT2D eigenvalue weighted by atomic mass is 16.5. The molecule has 0 radical (unpaired) electrons. The summed E-state index contributed by atoms with van der Waals surface area (Å²) in [6, 6.07) is 6.12. The van der Waals surface area contributed by atoms with Gasteiger partial charge < -0.3 is 14.7 Å². The molecule has 0 spiro atoms. The van der Waals surface area contributed by atoms with Crippen molar-refractivity contribution in [3.8, 4) is 5.75 Å². The Bertz CT molecular complexity index is 527. The Balaban J connectivity index is 2.09. The Morgan fingerprint density at radius 2 is 2.09 bits per heavy atom. The molecule has 1 N–H and O–H groups in total. The standard InChI is InChI=1S/C18H27NO3/c1-12(2)16-8-7-13(3)10-17(16)22-14(4)18(21)19-9-5-6-15(20)11-19/h7-8,10,12,14-15,20H,5-6,9,11H2,1-4H3. The third kappa shape index (κ3) is 4.01. The van der Waals surface area contributed by atoms with Crippen molar-refractivity contribution in [2.45, 2.75) is 58.7 Å². The van der Waals surface area contributed by atoms with Crippen LogP contribution in [0.1, 0.15) is 50.7 Å². The molecule has 22 heavy (non-hydrogen) atoms. The Morgan fingerprint density at radius 1 is 1.36 bits per heavy atom. The first-order chi connectivity index (χ1) is 10.4. The van der Waals surface area contributed by atoms with Gasteiger partial charge >= 0.3 is 0 Å². The molecule has 1 fully saturated rings. The highest BCUT2D eigenvalue weighted by molar-refractivity contribution is 5.81. The van der Waals surface area contributed by atoms with E-state index in [0.29, 0.717) is 19.0 Å². The van der Waals surface area contributed by atoms with Gasteiger partial charge in [-0.3, -0.25) is 4.79 Å². The number of ether oxygens (including phenoxy) is 1. The Morgan fingerprint density at radius 3 is 2.73 bits per heavy atom. The van der Waals surface area contributed by atoms with E-state index >= 15 is 0 Å². The zero-order chi connectivity index (χ0) is 16.3. The van der Waals surface area contributed by atoms with E-state index in [1.165, 1.54) is 0 Å². The van der Waals surface area contributed by atoms with Gasteiger partial charge in [-0.15, -0.1) is 0 Å². The van der Waals surface area contributed by atoms with Gasteiger partial charge in [-0.1, -0.05) is 26.0 Å². The van der Waals surface area contributed by atoms with Gasteiger partial charge in [0.25, 0.3) is 5.91 Å². The lowest BCUT2D eigenvalue weighted by Crippen LogP contribution is -2.47. The maximum atomic E-state index is 12.5. The second kappa shape index (κ2) is 7.14. The Labute approximate surface area is 133 Å². The molecule has 1 amide bonds. The van der Waals surface area contributed by atoms with Crippen molar-refractivity contribution in [3.05, 3.63) is 29.3 Å². The van der Waals surface area contributed by atoms with Crippen LogP contribution in [-0.4, -0.2) is 41.2 Å². The van der Waals surface area contributed by atoms with Gasteiger partial charge in [0.1, 0.15) is 5.75 Å². The van der Waals surface area contributed by atoms with Crippen LogP contribution in [0.4, 0.5) is 0 Å². The fourth-order valence-electron chi connectivity index (χ4n) is 2.87. The van der Waals surface area contributed by atoms with Crippen LogP contribution in [0.25, 0.3) is 0 Å². The topological polar surface area (TPSA) is 49.8 Å². The molecule has 122 valence electrons. The van der Waals surface area contributed by atoms with Gasteiger partial charge in [0.15, 0.2) is 6.10 Å². The van der Waals surface area contributed by atoms with Crippen molar-refractivity contribution in [3.63, 3.8) is 0 Å². The van der Waals surface area contributed by atoms with Gasteiger partial charge in [-0.25, -0.2) is 0 Å². The predicted octanol–water partition coefficient (Wildman–Crippen LogP) is 2.87. The minimum Gasteiger partial charge on any atom is -0.481 e. The van der Waals surface area contributed by atoms with E-state index in [9.17, 15) is 9.90 Å². The molecule has 1 aliphatic rings. The van der Waals surface area contributed by atoms with Crippen LogP contribution < -0.4 is 4.74 Å². The van der Waals surface area contributed by atoms with Crippen LogP contribution in [0.5, 0.6) is 5.75 Å². The van der Waals surface area contributed by atoms with Crippen LogP contribution >= 0.6 is 0 Å². The first-order valence-corrected chi connectivity index (χ1v) is 8.12. The molecule has 0 bridgehead atoms. The lowest BCUT2D eigenvalue weighted by molar-refractivity contribution is -0.141. The average Bonchev–Trinajstić information content (AvgIpc) is 2.46. The third-order valence-corrected chi connectivity index (χ3v) is 4.15. The summed E-state index contributed by atoms with van der Waals surface area (Å²) in [5.41, 5.74) is 2.23. The fourth-order valence-corrected chi connectivity index (χ4v) is 2.87. The quantitative estimate of drug-likeness (QED) is 0.930. The maximum absolute atomic E-state index is 12.5. The molecule has 1 aliphatic heterocycles. The van der Waals surface area contributed by atoms with E-state index in [1.807, 2.05) is 13.0 Å². The molecule has 2 rings (SSSR count). The molecular weight excluding hydrogens is 278 g/mol. The summed E-state index contributed by atoms with van der Waals surface area (Å²) in [4.78, 5) is 14.2. The lowest BCUT2D eigenvalue weighted by atomic mass is 10.0. The number of hydrogen-bond acceptors (Lipinski definition) is 3. The number of aryl methyl sites for hydroxylation is 1. The molecule has 4 heteroatoms. The number of nitrogens with zero attached hydrogens (tertiary/aromatic N) is 1. The highest BCUT2D eigenvalue weighted by Crippen LogP contribution is 2.28. The largest absolute Gasteiger partial charge is 0.481 e. The van der Waals surface area contributed by atoms with Crippen molar-refractivity contribution < 1.29 is 14.6 Å². The van der Waals surface area contributed by atoms with E-state index in [1.54, 1.807) is 11.8 Å². The van der Waals surface area contributed by atoms with Crippen molar-refractivity contribution in [2.24, 2.45) is 0 Å². The molecule has 2 unspecified atom stereocenters. The highest BCUT2D eigenvalue weighted by Gasteiger charge is 2.27. The van der Waals surface area contributed by atoms with Crippen LogP contribution in [0, 0.1) is 6.92 Å². The summed E-state index contributed by atoms with van der Waals surface area (Å²) in [7, 11) is 0. The summed E-state index contributed by atoms with van der Waals surface area (Å²) in [5, 5.41) is 9.72. The summed E-state index contributed by atoms with van der Waals surface area (Å²) in [6.07, 6.45) is 0.676. The molecule has 1 saturated heterocycles. The third-order valence-electron chi connectivity index (χ3n) is 4.15. The molecular formula is C18H27NO3. The van der Waals surface area contributed by atoms with E-state index in [0.717, 1.165) is 29.7 Å². The molecule has 1 heterocycles. The summed E-state index contributed by atoms with van der Waals surface area (Å²) < 4.78 is 5.97. The van der Waals surface area contributed by atoms with E-state index in [-0.39, 0.29) is 5.91 Å². The normalized spacial score (nSPS) is 20.1. The number of amides is 1. The summed E-state index contributed by atoms with van der Waals surface area (Å²) in [5.74, 6) is 1.08. The van der Waals surface area contributed by atoms with E-state index in [4.69, 9.17) is 4.74 Å². The van der Waals surface area contributed by atoms with Crippen LogP contribution in [0.2, 0.25) is 0 Å². The van der Waals surface area contributed by atoms with Gasteiger partial charge in [0, 0.05) is 13.1 Å². The van der Waals surface area contributed by atoms with Crippen molar-refractivity contribution in [2.75, 3.05) is 13.1 Å². The summed E-state index contributed by atoms with van der Waals surface area (Å²) in [6.45, 7) is 9.15. The van der Waals surface area contributed by atoms with Gasteiger partial charge in [-0.05, 0) is 49.8 Å². The Kier molecular flexibility index (Phi) is 5.46. The number of carbonyl (C=O) groups is 1. The number of likely N-dealkylation sites (tertiary alicyclic amines) is 1. The maximum Gasteiger partial charge on any atom is 0.263 e. The number of rotatable bonds is 4. The molecule has 0 aromatic heterocycles. The number of carbonyl (C=O) groups excluding carboxylic acids is 1. The number of aliphatic hydroxyl groups is 1. The number of piperidine rings is 1. The zero-order valence-corrected chi connectivity index (χ0v) is 14.0. The van der Waals surface area contributed by atoms with Crippen molar-refractivity contribution in [1.82, 2.24) is 4.90 Å². The number of hydrogen-bond donors (Lipinski definition) is 1. The van der Waals surface area contributed by atoms with Crippen LogP contribution in [0.15, 0.2) is 18.2 Å². The molecule has 2 atom stereocenters. The average molecular weight is 305 g/mol. The predicted molar refractivity (Wildman–Crippen MR) is 87.2 cm³/mol. The minimum absolute atomic E-state index is 0.0463. The van der Waals surface area contributed by atoms with Gasteiger partial charge in [0.05, 0.1) is 6.10 Å². The van der Waals surface area contributed by atoms with E-state index in [2.05, 4.69) is 26.0 Å². The van der Waals surface area contributed by atoms with Crippen molar-refractivity contribution >= 4 is 5.91 Å². The second-order valence-corrected chi connectivity index (χ2v) is 6.54. The molecule has 1 aromatic rings. The van der Waals surface area contributed by atoms with Crippen LogP contribution in [0.3, 0.4) is 0 Å². The van der Waals surface area contributed by atoms with Crippen molar-refractivity contribution in [1.29, 1.82) is 0 Å². The zero-order valence-electron chi connectivity index (χ0n) is 14.0. The first-order valence-electron chi connectivity index (χ1n) is 8.12. The van der Waals surface area contributed by atoms with Crippen LogP contribution in [-0.2, 0) is 4.79 Å². The summed E-state index contributed by atoms with van der Waals surface area (Å²) >= 11 is 0. The fraction of sp³-hybridized carbons (Fsp3) is 0.611. The number of benzene rings is 1. The second-order valence-electron chi connectivity index (χ2n) is 6.54. The first kappa shape index (κ1) is 16.8. The number of aliphatic hydroxyl groups excluding tert-OH is 1. The smallest absolute Gasteiger partial charge is 0.263 e. The molecule has 0 saturated carbocycles. The Hall–Kier alpha value is -1.55. The lowest BCUT2D eigenvalue weighted by Gasteiger charge is -2.32. The van der Waals surface area contributed by atoms with Gasteiger partial charge in [-0.2, -0.15) is 0 Å². The molecule has 1 aromatic carbocycles. The monoisotopic (exact) mass is 305 g/mol. The van der Waals surface area contributed by atoms with E-state index < -0.39 is 12.2 Å². The molecule has 0 aliphatic carbocycles. The molecule has 4 nitrogen and oxygen atoms in total. The minimum atomic E-state index is -0.537. The van der Waals surface area contributed by atoms with Gasteiger partial charge in [0.2, 0.25) is 0 Å². The SMILES string of the molecule is Cc1ccc(C(C)C)c(OC(C)C(=O)N2CCCC(O)C2)c1. The number of β-amino-alcohol motifs (C(OH)–C–C–N with tert-alkyl or cyclic N) is 1.